The lowest BCUT2D eigenvalue weighted by Crippen LogP contribution is -2.39. The minimum Gasteiger partial charge on any atom is -0.335 e. The zero-order chi connectivity index (χ0) is 12.8. The van der Waals surface area contributed by atoms with Crippen LogP contribution in [0.15, 0.2) is 24.3 Å². The molecule has 0 spiro atoms. The molecule has 0 saturated carbocycles. The first kappa shape index (κ1) is 13.2. The quantitative estimate of drug-likeness (QED) is 0.811. The van der Waals surface area contributed by atoms with Crippen LogP contribution in [-0.4, -0.2) is 29.8 Å². The minimum atomic E-state index is -0.581. The molecule has 0 radical (unpaired) electrons. The lowest BCUT2D eigenvalue weighted by molar-refractivity contribution is -0.142. The third-order valence-electron chi connectivity index (χ3n) is 2.64. The number of benzene rings is 1. The maximum Gasteiger partial charge on any atom is 0.313 e. The van der Waals surface area contributed by atoms with Crippen LogP contribution in [0.5, 0.6) is 0 Å². The molecule has 2 amide bonds. The molecular weight excluding hydrogens is 216 g/mol. The number of likely N-dealkylation sites (N-methyl/N-ethyl adjacent to an activating group) is 1. The van der Waals surface area contributed by atoms with Gasteiger partial charge in [0.05, 0.1) is 0 Å². The molecule has 0 aliphatic carbocycles. The van der Waals surface area contributed by atoms with Crippen molar-refractivity contribution in [3.05, 3.63) is 29.8 Å². The molecule has 0 aromatic heterocycles. The molecule has 0 aliphatic heterocycles. The number of aryl methyl sites for hydroxylation is 1. The van der Waals surface area contributed by atoms with Gasteiger partial charge in [0.2, 0.25) is 0 Å². The second-order valence-corrected chi connectivity index (χ2v) is 3.75. The van der Waals surface area contributed by atoms with Crippen molar-refractivity contribution in [2.75, 3.05) is 18.4 Å². The maximum absolute atomic E-state index is 11.7. The Bertz CT molecular complexity index is 412. The number of para-hydroxylation sites is 1. The molecule has 17 heavy (non-hydrogen) atoms. The Morgan fingerprint density at radius 2 is 1.76 bits per heavy atom. The van der Waals surface area contributed by atoms with Crippen LogP contribution in [0, 0.1) is 6.92 Å². The van der Waals surface area contributed by atoms with E-state index in [1.807, 2.05) is 39.0 Å². The Morgan fingerprint density at radius 1 is 1.18 bits per heavy atom. The van der Waals surface area contributed by atoms with Gasteiger partial charge in [-0.2, -0.15) is 0 Å². The average Bonchev–Trinajstić information content (AvgIpc) is 2.33. The van der Waals surface area contributed by atoms with Crippen LogP contribution in [0.4, 0.5) is 5.69 Å². The highest BCUT2D eigenvalue weighted by Gasteiger charge is 2.19. The maximum atomic E-state index is 11.7. The third kappa shape index (κ3) is 3.31. The number of carbonyl (C=O) groups excluding carboxylic acids is 2. The van der Waals surface area contributed by atoms with E-state index in [-0.39, 0.29) is 0 Å². The summed E-state index contributed by atoms with van der Waals surface area (Å²) in [5, 5.41) is 2.63. The first-order valence-corrected chi connectivity index (χ1v) is 5.76. The Kier molecular flexibility index (Phi) is 4.69. The number of hydrogen-bond acceptors (Lipinski definition) is 2. The summed E-state index contributed by atoms with van der Waals surface area (Å²) in [4.78, 5) is 25.0. The number of amides is 2. The van der Waals surface area contributed by atoms with Crippen molar-refractivity contribution < 1.29 is 9.59 Å². The van der Waals surface area contributed by atoms with E-state index in [4.69, 9.17) is 0 Å². The summed E-state index contributed by atoms with van der Waals surface area (Å²) in [6.07, 6.45) is 0. The second kappa shape index (κ2) is 6.03. The first-order chi connectivity index (χ1) is 8.10. The number of nitrogens with one attached hydrogen (secondary N) is 1. The van der Waals surface area contributed by atoms with Gasteiger partial charge in [0.1, 0.15) is 0 Å². The van der Waals surface area contributed by atoms with Gasteiger partial charge in [-0.05, 0) is 32.4 Å². The van der Waals surface area contributed by atoms with Crippen LogP contribution in [0.25, 0.3) is 0 Å². The van der Waals surface area contributed by atoms with Crippen molar-refractivity contribution in [3.63, 3.8) is 0 Å². The van der Waals surface area contributed by atoms with E-state index in [2.05, 4.69) is 5.32 Å². The molecule has 0 bridgehead atoms. The van der Waals surface area contributed by atoms with Crippen LogP contribution < -0.4 is 5.32 Å². The summed E-state index contributed by atoms with van der Waals surface area (Å²) >= 11 is 0. The lowest BCUT2D eigenvalue weighted by atomic mass is 10.2. The molecule has 1 aromatic carbocycles. The molecule has 1 aromatic rings. The van der Waals surface area contributed by atoms with Gasteiger partial charge in [-0.25, -0.2) is 0 Å². The van der Waals surface area contributed by atoms with Crippen molar-refractivity contribution >= 4 is 17.5 Å². The molecule has 0 fully saturated rings. The van der Waals surface area contributed by atoms with Crippen LogP contribution in [0.1, 0.15) is 19.4 Å². The molecule has 0 aliphatic rings. The van der Waals surface area contributed by atoms with Crippen LogP contribution in [-0.2, 0) is 9.59 Å². The fraction of sp³-hybridized carbons (Fsp3) is 0.385. The van der Waals surface area contributed by atoms with Gasteiger partial charge in [-0.1, -0.05) is 18.2 Å². The molecule has 0 unspecified atom stereocenters. The van der Waals surface area contributed by atoms with Crippen molar-refractivity contribution in [1.29, 1.82) is 0 Å². The summed E-state index contributed by atoms with van der Waals surface area (Å²) in [6.45, 7) is 6.66. The van der Waals surface area contributed by atoms with Gasteiger partial charge in [-0.3, -0.25) is 9.59 Å². The Balaban J connectivity index is 2.73. The van der Waals surface area contributed by atoms with Crippen LogP contribution >= 0.6 is 0 Å². The monoisotopic (exact) mass is 234 g/mol. The van der Waals surface area contributed by atoms with Crippen LogP contribution in [0.3, 0.4) is 0 Å². The highest BCUT2D eigenvalue weighted by atomic mass is 16.2. The Labute approximate surface area is 102 Å². The van der Waals surface area contributed by atoms with E-state index >= 15 is 0 Å². The fourth-order valence-electron chi connectivity index (χ4n) is 1.54. The van der Waals surface area contributed by atoms with E-state index in [1.54, 1.807) is 6.07 Å². The molecule has 4 heteroatoms. The lowest BCUT2D eigenvalue weighted by Gasteiger charge is -2.18. The zero-order valence-corrected chi connectivity index (χ0v) is 10.5. The first-order valence-electron chi connectivity index (χ1n) is 5.76. The summed E-state index contributed by atoms with van der Waals surface area (Å²) in [5.74, 6) is -1.07. The number of hydrogen-bond donors (Lipinski definition) is 1. The highest BCUT2D eigenvalue weighted by Crippen LogP contribution is 2.13. The number of carbonyl (C=O) groups is 2. The topological polar surface area (TPSA) is 49.4 Å². The van der Waals surface area contributed by atoms with Crippen molar-refractivity contribution in [2.24, 2.45) is 0 Å². The van der Waals surface area contributed by atoms with Crippen LogP contribution in [0.2, 0.25) is 0 Å². The second-order valence-electron chi connectivity index (χ2n) is 3.75. The summed E-state index contributed by atoms with van der Waals surface area (Å²) in [5.41, 5.74) is 1.62. The number of anilines is 1. The van der Waals surface area contributed by atoms with Gasteiger partial charge < -0.3 is 10.2 Å². The Morgan fingerprint density at radius 3 is 2.29 bits per heavy atom. The zero-order valence-electron chi connectivity index (χ0n) is 10.5. The standard InChI is InChI=1S/C13H18N2O2/c1-4-15(5-2)13(17)12(16)14-11-9-7-6-8-10(11)3/h6-9H,4-5H2,1-3H3,(H,14,16). The molecule has 0 heterocycles. The van der Waals surface area contributed by atoms with E-state index in [1.165, 1.54) is 4.90 Å². The third-order valence-corrected chi connectivity index (χ3v) is 2.64. The molecular formula is C13H18N2O2. The smallest absolute Gasteiger partial charge is 0.313 e. The molecule has 1 N–H and O–H groups in total. The summed E-state index contributed by atoms with van der Waals surface area (Å²) in [6, 6.07) is 7.38. The SMILES string of the molecule is CCN(CC)C(=O)C(=O)Nc1ccccc1C. The van der Waals surface area contributed by atoms with Gasteiger partial charge in [0.25, 0.3) is 0 Å². The van der Waals surface area contributed by atoms with Crippen molar-refractivity contribution in [2.45, 2.75) is 20.8 Å². The van der Waals surface area contributed by atoms with Gasteiger partial charge in [-0.15, -0.1) is 0 Å². The highest BCUT2D eigenvalue weighted by molar-refractivity contribution is 6.39. The number of nitrogens with zero attached hydrogens (tertiary/aromatic N) is 1. The minimum absolute atomic E-state index is 0.488. The summed E-state index contributed by atoms with van der Waals surface area (Å²) < 4.78 is 0. The van der Waals surface area contributed by atoms with Crippen molar-refractivity contribution in [1.82, 2.24) is 4.90 Å². The van der Waals surface area contributed by atoms with Gasteiger partial charge in [0, 0.05) is 18.8 Å². The Hall–Kier alpha value is -1.84. The van der Waals surface area contributed by atoms with Crippen molar-refractivity contribution in [3.8, 4) is 0 Å². The predicted molar refractivity (Wildman–Crippen MR) is 67.7 cm³/mol. The number of rotatable bonds is 3. The largest absolute Gasteiger partial charge is 0.335 e. The molecule has 0 atom stereocenters. The normalized spacial score (nSPS) is 9.82. The summed E-state index contributed by atoms with van der Waals surface area (Å²) in [7, 11) is 0. The fourth-order valence-corrected chi connectivity index (χ4v) is 1.54. The predicted octanol–water partition coefficient (Wildman–Crippen LogP) is 1.80. The molecule has 4 nitrogen and oxygen atoms in total. The molecule has 1 rings (SSSR count). The van der Waals surface area contributed by atoms with E-state index in [0.717, 1.165) is 5.56 Å². The van der Waals surface area contributed by atoms with E-state index < -0.39 is 11.8 Å². The molecule has 0 saturated heterocycles. The van der Waals surface area contributed by atoms with Gasteiger partial charge in [0.15, 0.2) is 0 Å². The molecule has 92 valence electrons. The van der Waals surface area contributed by atoms with Gasteiger partial charge >= 0.3 is 11.8 Å². The average molecular weight is 234 g/mol. The van der Waals surface area contributed by atoms with E-state index in [9.17, 15) is 9.59 Å². The van der Waals surface area contributed by atoms with E-state index in [0.29, 0.717) is 18.8 Å².